The summed E-state index contributed by atoms with van der Waals surface area (Å²) in [6.45, 7) is 4.81. The van der Waals surface area contributed by atoms with Gasteiger partial charge in [-0.05, 0) is 32.0 Å². The Labute approximate surface area is 163 Å². The van der Waals surface area contributed by atoms with E-state index in [4.69, 9.17) is 0 Å². The topological polar surface area (TPSA) is 54.3 Å². The zero-order valence-corrected chi connectivity index (χ0v) is 16.1. The number of fused-ring (bicyclic) bond motifs is 1. The van der Waals surface area contributed by atoms with E-state index in [1.807, 2.05) is 42.7 Å². The summed E-state index contributed by atoms with van der Waals surface area (Å²) in [6.07, 6.45) is 0. The summed E-state index contributed by atoms with van der Waals surface area (Å²) in [5, 5.41) is 3.62. The molecule has 0 spiro atoms. The number of halogens is 1. The monoisotopic (exact) mass is 381 g/mol. The van der Waals surface area contributed by atoms with E-state index in [2.05, 4.69) is 5.32 Å². The molecule has 0 saturated carbocycles. The highest BCUT2D eigenvalue weighted by Gasteiger charge is 2.22. The Morgan fingerprint density at radius 3 is 2.50 bits per heavy atom. The molecule has 2 aromatic carbocycles. The van der Waals surface area contributed by atoms with Crippen LogP contribution in [-0.4, -0.2) is 40.9 Å². The number of nitrogens with zero attached hydrogens (tertiary/aromatic N) is 2. The van der Waals surface area contributed by atoms with E-state index >= 15 is 0 Å². The van der Waals surface area contributed by atoms with Gasteiger partial charge in [0.15, 0.2) is 0 Å². The molecule has 1 N–H and O–H groups in total. The molecule has 0 aliphatic heterocycles. The molecule has 0 bridgehead atoms. The van der Waals surface area contributed by atoms with Crippen LogP contribution in [0.2, 0.25) is 0 Å². The van der Waals surface area contributed by atoms with Crippen LogP contribution < -0.4 is 5.32 Å². The molecule has 0 unspecified atom stereocenters. The van der Waals surface area contributed by atoms with Crippen molar-refractivity contribution < 1.29 is 14.0 Å². The normalized spacial score (nSPS) is 10.8. The second-order valence-electron chi connectivity index (χ2n) is 6.54. The average Bonchev–Trinajstić information content (AvgIpc) is 3.06. The van der Waals surface area contributed by atoms with Gasteiger partial charge in [0, 0.05) is 29.6 Å². The van der Waals surface area contributed by atoms with E-state index < -0.39 is 0 Å². The lowest BCUT2D eigenvalue weighted by atomic mass is 10.2. The smallest absolute Gasteiger partial charge is 0.270 e. The van der Waals surface area contributed by atoms with Crippen molar-refractivity contribution in [1.82, 2.24) is 14.8 Å². The lowest BCUT2D eigenvalue weighted by Gasteiger charge is -2.21. The molecule has 0 radical (unpaired) electrons. The number of carbonyl (C=O) groups excluding carboxylic acids is 2. The van der Waals surface area contributed by atoms with Crippen molar-refractivity contribution in [3.8, 4) is 0 Å². The Bertz CT molecular complexity index is 996. The number of hydrogen-bond donors (Lipinski definition) is 1. The van der Waals surface area contributed by atoms with Crippen LogP contribution in [0.4, 0.5) is 4.39 Å². The highest BCUT2D eigenvalue weighted by molar-refractivity contribution is 6.00. The second-order valence-corrected chi connectivity index (χ2v) is 6.54. The molecule has 0 aliphatic rings. The van der Waals surface area contributed by atoms with Gasteiger partial charge < -0.3 is 14.8 Å². The minimum atomic E-state index is -0.312. The highest BCUT2D eigenvalue weighted by atomic mass is 19.1. The van der Waals surface area contributed by atoms with Crippen LogP contribution >= 0.6 is 0 Å². The van der Waals surface area contributed by atoms with Crippen molar-refractivity contribution in [1.29, 1.82) is 0 Å². The van der Waals surface area contributed by atoms with Gasteiger partial charge in [0.2, 0.25) is 5.91 Å². The largest absolute Gasteiger partial charge is 0.355 e. The zero-order valence-electron chi connectivity index (χ0n) is 16.1. The molecule has 28 heavy (non-hydrogen) atoms. The fourth-order valence-electron chi connectivity index (χ4n) is 3.27. The van der Waals surface area contributed by atoms with Gasteiger partial charge in [-0.1, -0.05) is 36.4 Å². The Balaban J connectivity index is 2.01. The number of carbonyl (C=O) groups is 2. The Morgan fingerprint density at radius 1 is 1.07 bits per heavy atom. The standard InChI is InChI=1S/C22H24FN3O2/c1-3-24-21(27)15-25(4-2)22(28)20-13-16-9-6-8-12-19(16)26(20)14-17-10-5-7-11-18(17)23/h5-13H,3-4,14-15H2,1-2H3,(H,24,27). The third-order valence-electron chi connectivity index (χ3n) is 4.69. The van der Waals surface area contributed by atoms with E-state index in [1.165, 1.54) is 11.0 Å². The summed E-state index contributed by atoms with van der Waals surface area (Å²) >= 11 is 0. The van der Waals surface area contributed by atoms with Gasteiger partial charge in [0.1, 0.15) is 11.5 Å². The molecule has 0 atom stereocenters. The highest BCUT2D eigenvalue weighted by Crippen LogP contribution is 2.23. The Morgan fingerprint density at radius 2 is 1.79 bits per heavy atom. The maximum absolute atomic E-state index is 14.2. The Hall–Kier alpha value is -3.15. The van der Waals surface area contributed by atoms with Crippen molar-refractivity contribution in [2.75, 3.05) is 19.6 Å². The van der Waals surface area contributed by atoms with Gasteiger partial charge in [-0.3, -0.25) is 9.59 Å². The summed E-state index contributed by atoms with van der Waals surface area (Å²) in [7, 11) is 0. The van der Waals surface area contributed by atoms with Gasteiger partial charge in [-0.15, -0.1) is 0 Å². The maximum Gasteiger partial charge on any atom is 0.270 e. The van der Waals surface area contributed by atoms with Gasteiger partial charge in [0.05, 0.1) is 13.1 Å². The van der Waals surface area contributed by atoms with Crippen LogP contribution in [0.5, 0.6) is 0 Å². The van der Waals surface area contributed by atoms with Gasteiger partial charge in [-0.25, -0.2) is 4.39 Å². The molecular formula is C22H24FN3O2. The number of benzene rings is 2. The fraction of sp³-hybridized carbons (Fsp3) is 0.273. The minimum absolute atomic E-state index is 0.00953. The molecule has 6 heteroatoms. The number of nitrogens with one attached hydrogen (secondary N) is 1. The molecule has 2 amide bonds. The van der Waals surface area contributed by atoms with Crippen molar-refractivity contribution in [3.63, 3.8) is 0 Å². The zero-order chi connectivity index (χ0) is 20.1. The minimum Gasteiger partial charge on any atom is -0.355 e. The quantitative estimate of drug-likeness (QED) is 0.682. The lowest BCUT2D eigenvalue weighted by molar-refractivity contribution is -0.121. The number of rotatable bonds is 7. The fourth-order valence-corrected chi connectivity index (χ4v) is 3.27. The van der Waals surface area contributed by atoms with Crippen LogP contribution in [0.15, 0.2) is 54.6 Å². The van der Waals surface area contributed by atoms with Crippen LogP contribution in [0.3, 0.4) is 0 Å². The summed E-state index contributed by atoms with van der Waals surface area (Å²) in [5.74, 6) is -0.760. The van der Waals surface area contributed by atoms with Crippen molar-refractivity contribution in [2.24, 2.45) is 0 Å². The van der Waals surface area contributed by atoms with Crippen molar-refractivity contribution in [2.45, 2.75) is 20.4 Å². The molecule has 5 nitrogen and oxygen atoms in total. The first-order valence-electron chi connectivity index (χ1n) is 9.42. The molecule has 1 heterocycles. The number of likely N-dealkylation sites (N-methyl/N-ethyl adjacent to an activating group) is 2. The summed E-state index contributed by atoms with van der Waals surface area (Å²) in [4.78, 5) is 26.7. The first-order valence-corrected chi connectivity index (χ1v) is 9.42. The summed E-state index contributed by atoms with van der Waals surface area (Å²) < 4.78 is 16.1. The van der Waals surface area contributed by atoms with E-state index in [0.717, 1.165) is 10.9 Å². The first kappa shape index (κ1) is 19.6. The van der Waals surface area contributed by atoms with E-state index in [9.17, 15) is 14.0 Å². The number of amides is 2. The van der Waals surface area contributed by atoms with E-state index in [0.29, 0.717) is 24.3 Å². The molecular weight excluding hydrogens is 357 g/mol. The summed E-state index contributed by atoms with van der Waals surface area (Å²) in [5.41, 5.74) is 1.79. The van der Waals surface area contributed by atoms with E-state index in [-0.39, 0.29) is 30.7 Å². The molecule has 1 aromatic heterocycles. The molecule has 0 saturated heterocycles. The SMILES string of the molecule is CCNC(=O)CN(CC)C(=O)c1cc2ccccc2n1Cc1ccccc1F. The van der Waals surface area contributed by atoms with Crippen LogP contribution in [-0.2, 0) is 11.3 Å². The lowest BCUT2D eigenvalue weighted by Crippen LogP contribution is -2.41. The third-order valence-corrected chi connectivity index (χ3v) is 4.69. The third kappa shape index (κ3) is 4.06. The maximum atomic E-state index is 14.2. The molecule has 146 valence electrons. The molecule has 0 aliphatic carbocycles. The van der Waals surface area contributed by atoms with Crippen molar-refractivity contribution in [3.05, 3.63) is 71.7 Å². The number of hydrogen-bond acceptors (Lipinski definition) is 2. The average molecular weight is 381 g/mol. The van der Waals surface area contributed by atoms with Crippen LogP contribution in [0, 0.1) is 5.82 Å². The predicted molar refractivity (Wildman–Crippen MR) is 108 cm³/mol. The molecule has 0 fully saturated rings. The van der Waals surface area contributed by atoms with Crippen LogP contribution in [0.25, 0.3) is 10.9 Å². The predicted octanol–water partition coefficient (Wildman–Crippen LogP) is 3.43. The van der Waals surface area contributed by atoms with Crippen LogP contribution in [0.1, 0.15) is 29.9 Å². The molecule has 3 aromatic rings. The molecule has 3 rings (SSSR count). The van der Waals surface area contributed by atoms with Crippen molar-refractivity contribution >= 4 is 22.7 Å². The second kappa shape index (κ2) is 8.69. The van der Waals surface area contributed by atoms with Gasteiger partial charge in [0.25, 0.3) is 5.91 Å². The number of aromatic nitrogens is 1. The van der Waals surface area contributed by atoms with Gasteiger partial charge >= 0.3 is 0 Å². The first-order chi connectivity index (χ1) is 13.5. The summed E-state index contributed by atoms with van der Waals surface area (Å²) in [6, 6.07) is 16.0. The van der Waals surface area contributed by atoms with Gasteiger partial charge in [-0.2, -0.15) is 0 Å². The van der Waals surface area contributed by atoms with E-state index in [1.54, 1.807) is 24.3 Å². The number of para-hydroxylation sites is 1. The Kier molecular flexibility index (Phi) is 6.09.